The highest BCUT2D eigenvalue weighted by Gasteiger charge is 2.34. The summed E-state index contributed by atoms with van der Waals surface area (Å²) in [5, 5.41) is 9.12. The van der Waals surface area contributed by atoms with Gasteiger partial charge in [0, 0.05) is 7.05 Å². The minimum Gasteiger partial charge on any atom is -0.313 e. The first-order valence-corrected chi connectivity index (χ1v) is 2.34. The van der Waals surface area contributed by atoms with Crippen molar-refractivity contribution in [2.75, 3.05) is 7.05 Å². The molecule has 3 nitrogen and oxygen atoms in total. The monoisotopic (exact) mass is 153 g/mol. The molecule has 0 saturated carbocycles. The highest BCUT2D eigenvalue weighted by atomic mass is 19.4. The number of nitrogens with one attached hydrogen (secondary N) is 2. The van der Waals surface area contributed by atoms with Gasteiger partial charge in [0.15, 0.2) is 5.71 Å². The highest BCUT2D eigenvalue weighted by Crippen LogP contribution is 2.15. The molecular weight excluding hydrogens is 147 g/mol. The Morgan fingerprint density at radius 3 is 2.20 bits per heavy atom. The van der Waals surface area contributed by atoms with Crippen LogP contribution in [-0.4, -0.2) is 25.2 Å². The van der Waals surface area contributed by atoms with E-state index in [1.54, 1.807) is 0 Å². The quantitative estimate of drug-likeness (QED) is 0.446. The van der Waals surface area contributed by atoms with E-state index >= 15 is 0 Å². The van der Waals surface area contributed by atoms with Gasteiger partial charge in [-0.05, 0) is 0 Å². The van der Waals surface area contributed by atoms with Crippen LogP contribution in [0.5, 0.6) is 0 Å². The molecule has 6 heteroatoms. The zero-order chi connectivity index (χ0) is 8.20. The first-order valence-electron chi connectivity index (χ1n) is 2.34. The second-order valence-corrected chi connectivity index (χ2v) is 1.36. The van der Waals surface area contributed by atoms with Crippen LogP contribution in [0.25, 0.3) is 0 Å². The first-order chi connectivity index (χ1) is 4.52. The van der Waals surface area contributed by atoms with Gasteiger partial charge in [-0.3, -0.25) is 0 Å². The molecule has 0 heterocycles. The minimum absolute atomic E-state index is 0.149. The Bertz CT molecular complexity index is 148. The first kappa shape index (κ1) is 8.93. The fourth-order valence-corrected chi connectivity index (χ4v) is 0.298. The van der Waals surface area contributed by atoms with E-state index in [4.69, 9.17) is 5.41 Å². The van der Waals surface area contributed by atoms with E-state index in [2.05, 4.69) is 5.10 Å². The molecule has 2 N–H and O–H groups in total. The third kappa shape index (κ3) is 2.47. The van der Waals surface area contributed by atoms with Crippen molar-refractivity contribution in [1.82, 2.24) is 5.43 Å². The van der Waals surface area contributed by atoms with Crippen LogP contribution in [0.3, 0.4) is 0 Å². The summed E-state index contributed by atoms with van der Waals surface area (Å²) in [5.74, 6) is 0. The maximum Gasteiger partial charge on any atom is 0.436 e. The number of halogens is 3. The molecule has 0 unspecified atom stereocenters. The fourth-order valence-electron chi connectivity index (χ4n) is 0.298. The number of hydrogen-bond donors (Lipinski definition) is 2. The molecule has 0 atom stereocenters. The molecule has 0 aliphatic heterocycles. The third-order valence-electron chi connectivity index (χ3n) is 0.659. The van der Waals surface area contributed by atoms with Crippen LogP contribution in [-0.2, 0) is 0 Å². The lowest BCUT2D eigenvalue weighted by molar-refractivity contribution is -0.0568. The van der Waals surface area contributed by atoms with E-state index in [1.807, 2.05) is 5.43 Å². The van der Waals surface area contributed by atoms with E-state index in [9.17, 15) is 13.2 Å². The molecule has 0 aromatic carbocycles. The SMILES string of the molecule is CNN=C(C=N)C(F)(F)F. The fraction of sp³-hybridized carbons (Fsp3) is 0.500. The zero-order valence-corrected chi connectivity index (χ0v) is 5.16. The Labute approximate surface area is 55.4 Å². The number of hydrazone groups is 1. The average molecular weight is 153 g/mol. The van der Waals surface area contributed by atoms with E-state index < -0.39 is 11.9 Å². The van der Waals surface area contributed by atoms with Gasteiger partial charge in [0.25, 0.3) is 0 Å². The second kappa shape index (κ2) is 3.19. The van der Waals surface area contributed by atoms with Gasteiger partial charge in [-0.1, -0.05) is 0 Å². The number of hydrogen-bond acceptors (Lipinski definition) is 3. The third-order valence-corrected chi connectivity index (χ3v) is 0.659. The molecule has 0 spiro atoms. The van der Waals surface area contributed by atoms with Crippen molar-refractivity contribution in [3.63, 3.8) is 0 Å². The molecule has 0 amide bonds. The van der Waals surface area contributed by atoms with Crippen molar-refractivity contribution in [1.29, 1.82) is 5.41 Å². The molecular formula is C4H6F3N3. The Morgan fingerprint density at radius 2 is 2.10 bits per heavy atom. The van der Waals surface area contributed by atoms with E-state index in [0.717, 1.165) is 0 Å². The van der Waals surface area contributed by atoms with Gasteiger partial charge in [0.05, 0.1) is 6.21 Å². The van der Waals surface area contributed by atoms with E-state index in [0.29, 0.717) is 0 Å². The topological polar surface area (TPSA) is 48.2 Å². The summed E-state index contributed by atoms with van der Waals surface area (Å²) in [6, 6.07) is 0. The van der Waals surface area contributed by atoms with Crippen LogP contribution in [0.15, 0.2) is 5.10 Å². The molecule has 10 heavy (non-hydrogen) atoms. The Balaban J connectivity index is 4.36. The molecule has 0 saturated heterocycles. The van der Waals surface area contributed by atoms with Crippen LogP contribution in [0.2, 0.25) is 0 Å². The minimum atomic E-state index is -4.54. The molecule has 0 aromatic rings. The highest BCUT2D eigenvalue weighted by molar-refractivity contribution is 6.31. The predicted molar refractivity (Wildman–Crippen MR) is 31.3 cm³/mol. The number of alkyl halides is 3. The van der Waals surface area contributed by atoms with Crippen LogP contribution < -0.4 is 5.43 Å². The lowest BCUT2D eigenvalue weighted by Gasteiger charge is -2.03. The van der Waals surface area contributed by atoms with Gasteiger partial charge in [-0.2, -0.15) is 18.3 Å². The van der Waals surface area contributed by atoms with Gasteiger partial charge in [-0.25, -0.2) is 0 Å². The maximum atomic E-state index is 11.6. The summed E-state index contributed by atoms with van der Waals surface area (Å²) in [6.07, 6.45) is -4.39. The second-order valence-electron chi connectivity index (χ2n) is 1.36. The van der Waals surface area contributed by atoms with Crippen molar-refractivity contribution >= 4 is 11.9 Å². The van der Waals surface area contributed by atoms with Gasteiger partial charge in [0.2, 0.25) is 0 Å². The summed E-state index contributed by atoms with van der Waals surface area (Å²) in [7, 11) is 1.23. The molecule has 0 rings (SSSR count). The number of rotatable bonds is 2. The molecule has 0 aromatic heterocycles. The molecule has 0 aliphatic carbocycles. The summed E-state index contributed by atoms with van der Waals surface area (Å²) in [4.78, 5) is 0. The largest absolute Gasteiger partial charge is 0.436 e. The number of nitrogens with zero attached hydrogens (tertiary/aromatic N) is 1. The van der Waals surface area contributed by atoms with Gasteiger partial charge < -0.3 is 10.8 Å². The van der Waals surface area contributed by atoms with Crippen LogP contribution >= 0.6 is 0 Å². The van der Waals surface area contributed by atoms with Gasteiger partial charge in [-0.15, -0.1) is 0 Å². The lowest BCUT2D eigenvalue weighted by Crippen LogP contribution is -2.25. The van der Waals surface area contributed by atoms with Crippen LogP contribution in [0.4, 0.5) is 13.2 Å². The normalized spacial score (nSPS) is 13.0. The summed E-state index contributed by atoms with van der Waals surface area (Å²) >= 11 is 0. The average Bonchev–Trinajstić information content (AvgIpc) is 1.80. The van der Waals surface area contributed by atoms with Gasteiger partial charge in [0.1, 0.15) is 0 Å². The molecule has 58 valence electrons. The molecule has 0 fully saturated rings. The molecule has 0 radical (unpaired) electrons. The van der Waals surface area contributed by atoms with Crippen molar-refractivity contribution in [3.8, 4) is 0 Å². The molecule has 0 bridgehead atoms. The van der Waals surface area contributed by atoms with Gasteiger partial charge >= 0.3 is 6.18 Å². The van der Waals surface area contributed by atoms with Crippen molar-refractivity contribution in [2.45, 2.75) is 6.18 Å². The zero-order valence-electron chi connectivity index (χ0n) is 5.16. The predicted octanol–water partition coefficient (Wildman–Crippen LogP) is 0.774. The summed E-state index contributed by atoms with van der Waals surface area (Å²) in [5.41, 5.74) is 0.701. The smallest absolute Gasteiger partial charge is 0.313 e. The van der Waals surface area contributed by atoms with Crippen molar-refractivity contribution in [3.05, 3.63) is 0 Å². The summed E-state index contributed by atoms with van der Waals surface area (Å²) in [6.45, 7) is 0. The maximum absolute atomic E-state index is 11.6. The van der Waals surface area contributed by atoms with Crippen LogP contribution in [0.1, 0.15) is 0 Å². The van der Waals surface area contributed by atoms with Crippen molar-refractivity contribution in [2.24, 2.45) is 5.10 Å². The molecule has 0 aliphatic rings. The van der Waals surface area contributed by atoms with Crippen molar-refractivity contribution < 1.29 is 13.2 Å². The standard InChI is InChI=1S/C4H6F3N3/c1-9-10-3(2-8)4(5,6)7/h2,8-9H,1H3. The van der Waals surface area contributed by atoms with E-state index in [-0.39, 0.29) is 6.21 Å². The lowest BCUT2D eigenvalue weighted by atomic mass is 10.4. The summed E-state index contributed by atoms with van der Waals surface area (Å²) < 4.78 is 34.8. The Morgan fingerprint density at radius 1 is 1.60 bits per heavy atom. The Kier molecular flexibility index (Phi) is 2.85. The Hall–Kier alpha value is -1.07. The van der Waals surface area contributed by atoms with Crippen LogP contribution in [0, 0.1) is 5.41 Å². The van der Waals surface area contributed by atoms with E-state index in [1.165, 1.54) is 7.05 Å².